The first-order valence-electron chi connectivity index (χ1n) is 1.37. The second kappa shape index (κ2) is 7.27. The van der Waals surface area contributed by atoms with Gasteiger partial charge in [-0.1, -0.05) is 0 Å². The second-order valence-electron chi connectivity index (χ2n) is 0.495. The molecule has 6 heteroatoms. The quantitative estimate of drug-likeness (QED) is 0.335. The van der Waals surface area contributed by atoms with Gasteiger partial charge in [0.1, 0.15) is 0 Å². The third-order valence-corrected chi connectivity index (χ3v) is 0. The van der Waals surface area contributed by atoms with Gasteiger partial charge in [-0.2, -0.15) is 0 Å². The third-order valence-electron chi connectivity index (χ3n) is 0. The van der Waals surface area contributed by atoms with E-state index in [1.807, 2.05) is 0 Å². The van der Waals surface area contributed by atoms with E-state index >= 15 is 0 Å². The van der Waals surface area contributed by atoms with Crippen molar-refractivity contribution in [3.63, 3.8) is 0 Å². The Morgan fingerprint density at radius 2 is 0.875 bits per heavy atom. The Labute approximate surface area is 60.6 Å². The molecule has 0 fully saturated rings. The van der Waals surface area contributed by atoms with Gasteiger partial charge in [0.25, 0.3) is 0 Å². The van der Waals surface area contributed by atoms with E-state index in [2.05, 4.69) is 13.2 Å². The van der Waals surface area contributed by atoms with Gasteiger partial charge in [-0.25, -0.2) is 0 Å². The summed E-state index contributed by atoms with van der Waals surface area (Å²) in [6.45, 7) is 6.00. The van der Waals surface area contributed by atoms with Crippen molar-refractivity contribution in [3.05, 3.63) is 13.2 Å². The van der Waals surface area contributed by atoms with Gasteiger partial charge in [0.05, 0.1) is 0 Å². The Morgan fingerprint density at radius 3 is 0.875 bits per heavy atom. The predicted molar refractivity (Wildman–Crippen MR) is 21.4 cm³/mol. The summed E-state index contributed by atoms with van der Waals surface area (Å²) in [5, 5.41) is 0. The van der Waals surface area contributed by atoms with Crippen molar-refractivity contribution < 1.29 is 39.6 Å². The molecule has 0 N–H and O–H groups in total. The standard InChI is InChI=1S/C2H4.Ag.BF4/c1-2;;2-1(3,4)5/h1-2H2;;/q;+1;-1. The molecule has 0 unspecified atom stereocenters. The van der Waals surface area contributed by atoms with Crippen molar-refractivity contribution >= 4 is 7.25 Å². The maximum Gasteiger partial charge on any atom is 1.00 e. The molecule has 0 atom stereocenters. The minimum Gasteiger partial charge on any atom is -0.418 e. The van der Waals surface area contributed by atoms with Gasteiger partial charge in [0, 0.05) is 0 Å². The average Bonchev–Trinajstić information content (AvgIpc) is 1.36. The summed E-state index contributed by atoms with van der Waals surface area (Å²) in [4.78, 5) is 0. The maximum atomic E-state index is 9.75. The normalized spacial score (nSPS) is 8.00. The van der Waals surface area contributed by atoms with Crippen molar-refractivity contribution in [2.75, 3.05) is 0 Å². The van der Waals surface area contributed by atoms with Crippen molar-refractivity contribution in [1.82, 2.24) is 0 Å². The van der Waals surface area contributed by atoms with E-state index in [4.69, 9.17) is 0 Å². The van der Waals surface area contributed by atoms with E-state index < -0.39 is 7.25 Å². The van der Waals surface area contributed by atoms with Crippen LogP contribution < -0.4 is 0 Å². The molecule has 0 aliphatic carbocycles. The van der Waals surface area contributed by atoms with Gasteiger partial charge in [0.2, 0.25) is 0 Å². The zero-order valence-corrected chi connectivity index (χ0v) is 5.29. The van der Waals surface area contributed by atoms with Crippen molar-refractivity contribution in [1.29, 1.82) is 0 Å². The van der Waals surface area contributed by atoms with Crippen molar-refractivity contribution in [2.45, 2.75) is 0 Å². The summed E-state index contributed by atoms with van der Waals surface area (Å²) < 4.78 is 39.0. The topological polar surface area (TPSA) is 0 Å². The van der Waals surface area contributed by atoms with Gasteiger partial charge < -0.3 is 17.3 Å². The fourth-order valence-corrected chi connectivity index (χ4v) is 0. The minimum atomic E-state index is -6.00. The smallest absolute Gasteiger partial charge is 0.418 e. The number of halogens is 4. The summed E-state index contributed by atoms with van der Waals surface area (Å²) in [6, 6.07) is 0. The second-order valence-corrected chi connectivity index (χ2v) is 0.495. The summed E-state index contributed by atoms with van der Waals surface area (Å²) in [5.41, 5.74) is 0. The molecule has 0 saturated carbocycles. The van der Waals surface area contributed by atoms with Crippen LogP contribution in [0.15, 0.2) is 13.2 Å². The maximum absolute atomic E-state index is 9.75. The molecule has 0 aromatic rings. The fraction of sp³-hybridized carbons (Fsp3) is 0. The molecule has 0 aromatic carbocycles. The first-order chi connectivity index (χ1) is 3.00. The Morgan fingerprint density at radius 1 is 0.875 bits per heavy atom. The van der Waals surface area contributed by atoms with Gasteiger partial charge in [-0.15, -0.1) is 13.2 Å². The molecule has 0 aliphatic heterocycles. The molecule has 0 saturated heterocycles. The number of hydrogen-bond donors (Lipinski definition) is 0. The number of hydrogen-bond acceptors (Lipinski definition) is 0. The van der Waals surface area contributed by atoms with E-state index in [1.165, 1.54) is 0 Å². The zero-order chi connectivity index (χ0) is 6.50. The van der Waals surface area contributed by atoms with Gasteiger partial charge in [-0.05, 0) is 0 Å². The van der Waals surface area contributed by atoms with Crippen LogP contribution in [0.3, 0.4) is 0 Å². The molecule has 0 nitrogen and oxygen atoms in total. The summed E-state index contributed by atoms with van der Waals surface area (Å²) in [6.07, 6.45) is 0. The van der Waals surface area contributed by atoms with Gasteiger partial charge in [0.15, 0.2) is 0 Å². The van der Waals surface area contributed by atoms with Crippen LogP contribution in [-0.2, 0) is 22.4 Å². The SMILES string of the molecule is C=C.F[B-](F)(F)F.[Ag+]. The van der Waals surface area contributed by atoms with E-state index in [0.29, 0.717) is 0 Å². The largest absolute Gasteiger partial charge is 1.00 e. The van der Waals surface area contributed by atoms with Gasteiger partial charge >= 0.3 is 29.6 Å². The molecule has 0 heterocycles. The zero-order valence-electron chi connectivity index (χ0n) is 3.80. The molecule has 0 amide bonds. The van der Waals surface area contributed by atoms with Crippen LogP contribution in [0.25, 0.3) is 0 Å². The minimum absolute atomic E-state index is 0. The molecule has 0 radical (unpaired) electrons. The average molecular weight is 223 g/mol. The molecule has 8 heavy (non-hydrogen) atoms. The van der Waals surface area contributed by atoms with Crippen molar-refractivity contribution in [2.24, 2.45) is 0 Å². The van der Waals surface area contributed by atoms with Crippen LogP contribution in [0, 0.1) is 0 Å². The van der Waals surface area contributed by atoms with Crippen LogP contribution in [-0.4, -0.2) is 7.25 Å². The molecule has 0 spiro atoms. The van der Waals surface area contributed by atoms with Crippen LogP contribution in [0.5, 0.6) is 0 Å². The molecule has 0 aromatic heterocycles. The van der Waals surface area contributed by atoms with E-state index in [0.717, 1.165) is 0 Å². The summed E-state index contributed by atoms with van der Waals surface area (Å²) >= 11 is 0. The monoisotopic (exact) mass is 222 g/mol. The summed E-state index contributed by atoms with van der Waals surface area (Å²) in [7, 11) is -6.00. The Kier molecular flexibility index (Phi) is 14.3. The molecule has 0 bridgehead atoms. The third kappa shape index (κ3) is 2470. The Hall–Kier alpha value is 0.265. The molecule has 54 valence electrons. The molecular formula is C2H4AgBF4. The van der Waals surface area contributed by atoms with E-state index in [9.17, 15) is 17.3 Å². The Bertz CT molecular complexity index is 37.8. The first-order valence-corrected chi connectivity index (χ1v) is 1.37. The fourth-order valence-electron chi connectivity index (χ4n) is 0. The first kappa shape index (κ1) is 15.7. The van der Waals surface area contributed by atoms with Crippen LogP contribution in [0.2, 0.25) is 0 Å². The van der Waals surface area contributed by atoms with E-state index in [-0.39, 0.29) is 22.4 Å². The van der Waals surface area contributed by atoms with Crippen molar-refractivity contribution in [3.8, 4) is 0 Å². The van der Waals surface area contributed by atoms with Crippen LogP contribution >= 0.6 is 0 Å². The molecule has 0 rings (SSSR count). The van der Waals surface area contributed by atoms with Gasteiger partial charge in [-0.3, -0.25) is 0 Å². The predicted octanol–water partition coefficient (Wildman–Crippen LogP) is 2.10. The van der Waals surface area contributed by atoms with E-state index in [1.54, 1.807) is 0 Å². The molecule has 0 aliphatic rings. The molecular weight excluding hydrogens is 219 g/mol. The van der Waals surface area contributed by atoms with Crippen LogP contribution in [0.4, 0.5) is 17.3 Å². The Balaban J connectivity index is -0.0000000750. The number of rotatable bonds is 0. The summed E-state index contributed by atoms with van der Waals surface area (Å²) in [5.74, 6) is 0. The van der Waals surface area contributed by atoms with Crippen LogP contribution in [0.1, 0.15) is 0 Å².